The average molecular weight is 254 g/mol. The van der Waals surface area contributed by atoms with Gasteiger partial charge in [-0.2, -0.15) is 0 Å². The molecule has 0 bridgehead atoms. The van der Waals surface area contributed by atoms with Gasteiger partial charge in [-0.25, -0.2) is 4.39 Å². The van der Waals surface area contributed by atoms with E-state index in [4.69, 9.17) is 0 Å². The quantitative estimate of drug-likeness (QED) is 0.799. The van der Waals surface area contributed by atoms with E-state index in [-0.39, 0.29) is 11.1 Å². The van der Waals surface area contributed by atoms with Gasteiger partial charge in [0.05, 0.1) is 15.7 Å². The molecule has 1 aromatic rings. The van der Waals surface area contributed by atoms with E-state index in [2.05, 4.69) is 6.92 Å². The van der Waals surface area contributed by atoms with Crippen molar-refractivity contribution in [1.29, 1.82) is 0 Å². The lowest BCUT2D eigenvalue weighted by molar-refractivity contribution is 0.353. The Hall–Kier alpha value is -0.700. The first-order valence-electron chi connectivity index (χ1n) is 6.37. The van der Waals surface area contributed by atoms with E-state index in [0.29, 0.717) is 10.8 Å². The van der Waals surface area contributed by atoms with Gasteiger partial charge in [-0.1, -0.05) is 38.3 Å². The van der Waals surface area contributed by atoms with E-state index >= 15 is 0 Å². The van der Waals surface area contributed by atoms with Gasteiger partial charge < -0.3 is 0 Å². The first kappa shape index (κ1) is 12.7. The van der Waals surface area contributed by atoms with Gasteiger partial charge in [0.1, 0.15) is 5.82 Å². The smallest absolute Gasteiger partial charge is 0.139 e. The van der Waals surface area contributed by atoms with Gasteiger partial charge in [0.25, 0.3) is 0 Å². The van der Waals surface area contributed by atoms with Gasteiger partial charge in [-0.15, -0.1) is 0 Å². The van der Waals surface area contributed by atoms with Crippen molar-refractivity contribution >= 4 is 10.8 Å². The SMILES string of the molecule is CCC1CCCC(S(=O)c2ccccc2F)C1. The molecule has 1 nitrogen and oxygen atoms in total. The monoisotopic (exact) mass is 254 g/mol. The summed E-state index contributed by atoms with van der Waals surface area (Å²) < 4.78 is 25.9. The predicted molar refractivity (Wildman–Crippen MR) is 68.8 cm³/mol. The van der Waals surface area contributed by atoms with Gasteiger partial charge in [0.2, 0.25) is 0 Å². The van der Waals surface area contributed by atoms with Crippen molar-refractivity contribution < 1.29 is 8.60 Å². The van der Waals surface area contributed by atoms with Crippen LogP contribution in [-0.2, 0) is 10.8 Å². The number of benzene rings is 1. The molecule has 3 unspecified atom stereocenters. The predicted octanol–water partition coefficient (Wildman–Crippen LogP) is 3.90. The van der Waals surface area contributed by atoms with Crippen molar-refractivity contribution in [2.24, 2.45) is 5.92 Å². The summed E-state index contributed by atoms with van der Waals surface area (Å²) in [5, 5.41) is 0.144. The fourth-order valence-corrected chi connectivity index (χ4v) is 4.25. The van der Waals surface area contributed by atoms with Crippen LogP contribution in [0, 0.1) is 11.7 Å². The van der Waals surface area contributed by atoms with Gasteiger partial charge in [0.15, 0.2) is 0 Å². The minimum Gasteiger partial charge on any atom is -0.254 e. The summed E-state index contributed by atoms with van der Waals surface area (Å²) in [6.45, 7) is 2.18. The normalized spacial score (nSPS) is 26.7. The number of hydrogen-bond donors (Lipinski definition) is 0. The Morgan fingerprint density at radius 3 is 2.82 bits per heavy atom. The molecule has 0 amide bonds. The molecule has 1 aliphatic rings. The third-order valence-corrected chi connectivity index (χ3v) is 5.47. The first-order valence-corrected chi connectivity index (χ1v) is 7.58. The minimum absolute atomic E-state index is 0.144. The Bertz CT molecular complexity index is 405. The Labute approximate surface area is 105 Å². The molecule has 0 N–H and O–H groups in total. The van der Waals surface area contributed by atoms with E-state index in [1.54, 1.807) is 18.2 Å². The number of halogens is 1. The molecule has 0 aliphatic heterocycles. The van der Waals surface area contributed by atoms with Crippen LogP contribution in [0.15, 0.2) is 29.2 Å². The van der Waals surface area contributed by atoms with Crippen LogP contribution >= 0.6 is 0 Å². The van der Waals surface area contributed by atoms with Crippen molar-refractivity contribution in [2.45, 2.75) is 49.2 Å². The second-order valence-electron chi connectivity index (χ2n) is 4.79. The lowest BCUT2D eigenvalue weighted by atomic mass is 9.87. The second-order valence-corrected chi connectivity index (χ2v) is 6.49. The molecule has 17 heavy (non-hydrogen) atoms. The third kappa shape index (κ3) is 2.95. The van der Waals surface area contributed by atoms with Crippen LogP contribution in [0.2, 0.25) is 0 Å². The van der Waals surface area contributed by atoms with Gasteiger partial charge in [0, 0.05) is 5.25 Å². The highest BCUT2D eigenvalue weighted by Crippen LogP contribution is 2.32. The molecule has 0 spiro atoms. The van der Waals surface area contributed by atoms with Crippen molar-refractivity contribution in [3.05, 3.63) is 30.1 Å². The molecule has 94 valence electrons. The summed E-state index contributed by atoms with van der Waals surface area (Å²) in [4.78, 5) is 0.384. The molecular weight excluding hydrogens is 235 g/mol. The zero-order chi connectivity index (χ0) is 12.3. The van der Waals surface area contributed by atoms with Crippen LogP contribution in [0.5, 0.6) is 0 Å². The maximum Gasteiger partial charge on any atom is 0.139 e. The van der Waals surface area contributed by atoms with Gasteiger partial charge in [-0.3, -0.25) is 4.21 Å². The zero-order valence-corrected chi connectivity index (χ0v) is 11.0. The average Bonchev–Trinajstić information content (AvgIpc) is 2.38. The summed E-state index contributed by atoms with van der Waals surface area (Å²) in [7, 11) is -1.18. The molecular formula is C14H19FOS. The molecule has 0 radical (unpaired) electrons. The third-order valence-electron chi connectivity index (χ3n) is 3.67. The van der Waals surface area contributed by atoms with E-state index in [9.17, 15) is 8.60 Å². The van der Waals surface area contributed by atoms with Crippen LogP contribution < -0.4 is 0 Å². The van der Waals surface area contributed by atoms with Crippen LogP contribution in [0.25, 0.3) is 0 Å². The lowest BCUT2D eigenvalue weighted by Gasteiger charge is -2.27. The molecule has 0 aromatic heterocycles. The topological polar surface area (TPSA) is 17.1 Å². The number of hydrogen-bond acceptors (Lipinski definition) is 1. The van der Waals surface area contributed by atoms with Crippen LogP contribution in [-0.4, -0.2) is 9.46 Å². The summed E-state index contributed by atoms with van der Waals surface area (Å²) in [5.41, 5.74) is 0. The highest BCUT2D eigenvalue weighted by atomic mass is 32.2. The largest absolute Gasteiger partial charge is 0.254 e. The van der Waals surface area contributed by atoms with Crippen LogP contribution in [0.1, 0.15) is 39.0 Å². The molecule has 1 saturated carbocycles. The Morgan fingerprint density at radius 2 is 2.12 bits per heavy atom. The van der Waals surface area contributed by atoms with E-state index in [1.807, 2.05) is 0 Å². The Morgan fingerprint density at radius 1 is 1.35 bits per heavy atom. The fraction of sp³-hybridized carbons (Fsp3) is 0.571. The molecule has 1 fully saturated rings. The molecule has 1 aliphatic carbocycles. The first-order chi connectivity index (χ1) is 8.22. The van der Waals surface area contributed by atoms with Crippen LogP contribution in [0.4, 0.5) is 4.39 Å². The highest BCUT2D eigenvalue weighted by Gasteiger charge is 2.27. The van der Waals surface area contributed by atoms with Crippen molar-refractivity contribution in [2.75, 3.05) is 0 Å². The summed E-state index contributed by atoms with van der Waals surface area (Å²) in [5.74, 6) is 0.342. The van der Waals surface area contributed by atoms with Crippen molar-refractivity contribution in [3.63, 3.8) is 0 Å². The van der Waals surface area contributed by atoms with Gasteiger partial charge in [-0.05, 0) is 30.9 Å². The molecule has 1 aromatic carbocycles. The molecule has 3 atom stereocenters. The Kier molecular flexibility index (Phi) is 4.32. The van der Waals surface area contributed by atoms with E-state index in [0.717, 1.165) is 25.7 Å². The molecule has 0 heterocycles. The number of rotatable bonds is 3. The minimum atomic E-state index is -1.18. The molecule has 2 rings (SSSR count). The van der Waals surface area contributed by atoms with Crippen molar-refractivity contribution in [1.82, 2.24) is 0 Å². The van der Waals surface area contributed by atoms with Crippen LogP contribution in [0.3, 0.4) is 0 Å². The van der Waals surface area contributed by atoms with E-state index in [1.165, 1.54) is 12.5 Å². The fourth-order valence-electron chi connectivity index (χ4n) is 2.59. The maximum atomic E-state index is 13.6. The van der Waals surface area contributed by atoms with E-state index < -0.39 is 10.8 Å². The standard InChI is InChI=1S/C14H19FOS/c1-2-11-6-5-7-12(10-11)17(16)14-9-4-3-8-13(14)15/h3-4,8-9,11-12H,2,5-7,10H2,1H3. The lowest BCUT2D eigenvalue weighted by Crippen LogP contribution is -2.24. The second kappa shape index (κ2) is 5.76. The van der Waals surface area contributed by atoms with Crippen molar-refractivity contribution in [3.8, 4) is 0 Å². The Balaban J connectivity index is 2.12. The molecule has 3 heteroatoms. The summed E-state index contributed by atoms with van der Waals surface area (Å²) >= 11 is 0. The van der Waals surface area contributed by atoms with Gasteiger partial charge >= 0.3 is 0 Å². The molecule has 0 saturated heterocycles. The summed E-state index contributed by atoms with van der Waals surface area (Å²) in [6, 6.07) is 6.45. The maximum absolute atomic E-state index is 13.6. The highest BCUT2D eigenvalue weighted by molar-refractivity contribution is 7.85. The summed E-state index contributed by atoms with van der Waals surface area (Å²) in [6.07, 6.45) is 5.46. The zero-order valence-electron chi connectivity index (χ0n) is 10.2.